The molecule has 0 spiro atoms. The van der Waals surface area contributed by atoms with E-state index < -0.39 is 0 Å². The van der Waals surface area contributed by atoms with E-state index >= 15 is 0 Å². The Kier molecular flexibility index (Phi) is 6.12. The second kappa shape index (κ2) is 6.91. The van der Waals surface area contributed by atoms with Gasteiger partial charge in [-0.25, -0.2) is 0 Å². The molecule has 1 heteroatoms. The van der Waals surface area contributed by atoms with Crippen molar-refractivity contribution in [1.82, 2.24) is 0 Å². The second-order valence-corrected chi connectivity index (χ2v) is 8.30. The fraction of sp³-hybridized carbons (Fsp3) is 0.810. The highest BCUT2D eigenvalue weighted by Crippen LogP contribution is 2.54. The molecule has 0 saturated carbocycles. The largest absolute Gasteiger partial charge is 0.330 e. The highest BCUT2D eigenvalue weighted by atomic mass is 14.6. The van der Waals surface area contributed by atoms with Crippen LogP contribution in [-0.4, -0.2) is 6.54 Å². The fourth-order valence-electron chi connectivity index (χ4n) is 3.81. The van der Waals surface area contributed by atoms with Gasteiger partial charge in [0.25, 0.3) is 0 Å². The van der Waals surface area contributed by atoms with Crippen molar-refractivity contribution >= 4 is 0 Å². The van der Waals surface area contributed by atoms with E-state index in [0.717, 1.165) is 6.42 Å². The third-order valence-electron chi connectivity index (χ3n) is 6.77. The lowest BCUT2D eigenvalue weighted by Crippen LogP contribution is -2.32. The Bertz CT molecular complexity index is 443. The third kappa shape index (κ3) is 3.20. The van der Waals surface area contributed by atoms with Crippen LogP contribution in [0, 0.1) is 16.2 Å². The zero-order chi connectivity index (χ0) is 17.2. The van der Waals surface area contributed by atoms with E-state index in [1.165, 1.54) is 31.3 Å². The van der Waals surface area contributed by atoms with Crippen molar-refractivity contribution < 1.29 is 0 Å². The second-order valence-electron chi connectivity index (χ2n) is 8.30. The topological polar surface area (TPSA) is 26.0 Å². The summed E-state index contributed by atoms with van der Waals surface area (Å²) in [6.07, 6.45) is 8.45. The minimum atomic E-state index is 0.0745. The van der Waals surface area contributed by atoms with Crippen LogP contribution >= 0.6 is 0 Å². The summed E-state index contributed by atoms with van der Waals surface area (Å²) in [4.78, 5) is 0. The molecule has 0 bridgehead atoms. The molecule has 0 aliphatic heterocycles. The van der Waals surface area contributed by atoms with Crippen LogP contribution in [-0.2, 0) is 0 Å². The molecule has 1 aliphatic carbocycles. The number of hydrogen-bond donors (Lipinski definition) is 1. The lowest BCUT2D eigenvalue weighted by Gasteiger charge is -2.41. The maximum absolute atomic E-state index is 6.13. The van der Waals surface area contributed by atoms with Crippen LogP contribution in [0.5, 0.6) is 0 Å². The van der Waals surface area contributed by atoms with E-state index in [0.29, 0.717) is 12.0 Å². The van der Waals surface area contributed by atoms with Gasteiger partial charge < -0.3 is 5.73 Å². The molecule has 0 unspecified atom stereocenters. The molecule has 1 rings (SSSR count). The zero-order valence-electron chi connectivity index (χ0n) is 16.4. The first kappa shape index (κ1) is 19.5. The normalized spacial score (nSPS) is 17.2. The Morgan fingerprint density at radius 2 is 1.32 bits per heavy atom. The molecule has 22 heavy (non-hydrogen) atoms. The van der Waals surface area contributed by atoms with Gasteiger partial charge in [-0.05, 0) is 54.1 Å². The fourth-order valence-corrected chi connectivity index (χ4v) is 3.81. The van der Waals surface area contributed by atoms with Crippen molar-refractivity contribution in [1.29, 1.82) is 0 Å². The van der Waals surface area contributed by atoms with E-state index in [-0.39, 0.29) is 10.8 Å². The Balaban J connectivity index is 3.57. The summed E-state index contributed by atoms with van der Waals surface area (Å²) in [5.41, 5.74) is 11.7. The van der Waals surface area contributed by atoms with Crippen molar-refractivity contribution in [2.24, 2.45) is 22.0 Å². The number of nitrogens with two attached hydrogens (primary N) is 1. The molecular formula is C21H39N. The highest BCUT2D eigenvalue weighted by Gasteiger charge is 2.42. The smallest absolute Gasteiger partial charge is 0.00189 e. The molecule has 0 aromatic rings. The van der Waals surface area contributed by atoms with Crippen LogP contribution in [0.1, 0.15) is 87.5 Å². The Hall–Kier alpha value is -0.560. The first-order valence-electron chi connectivity index (χ1n) is 9.30. The van der Waals surface area contributed by atoms with E-state index in [1.54, 1.807) is 11.1 Å². The molecule has 0 saturated heterocycles. The summed E-state index contributed by atoms with van der Waals surface area (Å²) < 4.78 is 0. The molecule has 0 atom stereocenters. The summed E-state index contributed by atoms with van der Waals surface area (Å²) in [6.45, 7) is 19.6. The maximum atomic E-state index is 6.13. The molecule has 0 fully saturated rings. The van der Waals surface area contributed by atoms with Crippen LogP contribution in [0.4, 0.5) is 0 Å². The number of hydrogen-bond acceptors (Lipinski definition) is 1. The number of rotatable bonds is 8. The van der Waals surface area contributed by atoms with Gasteiger partial charge in [0, 0.05) is 12.0 Å². The van der Waals surface area contributed by atoms with Crippen LogP contribution < -0.4 is 5.73 Å². The minimum Gasteiger partial charge on any atom is -0.330 e. The lowest BCUT2D eigenvalue weighted by atomic mass is 9.64. The van der Waals surface area contributed by atoms with Crippen molar-refractivity contribution in [2.75, 3.05) is 6.54 Å². The van der Waals surface area contributed by atoms with Crippen LogP contribution in [0.25, 0.3) is 0 Å². The number of allylic oxidation sites excluding steroid dienone is 3. The SMILES string of the molecule is CCC(C)(CC)C1=C(C(C)(CC)CC)C(C(C)(C)CN)=CC1. The first-order chi connectivity index (χ1) is 10.2. The monoisotopic (exact) mass is 305 g/mol. The van der Waals surface area contributed by atoms with Crippen molar-refractivity contribution in [3.8, 4) is 0 Å². The molecule has 0 heterocycles. The molecule has 0 aromatic carbocycles. The van der Waals surface area contributed by atoms with Gasteiger partial charge >= 0.3 is 0 Å². The molecule has 1 nitrogen and oxygen atoms in total. The van der Waals surface area contributed by atoms with E-state index in [1.807, 2.05) is 0 Å². The molecule has 128 valence electrons. The van der Waals surface area contributed by atoms with Gasteiger partial charge in [0.15, 0.2) is 0 Å². The van der Waals surface area contributed by atoms with Crippen molar-refractivity contribution in [3.63, 3.8) is 0 Å². The molecule has 0 radical (unpaired) electrons. The average molecular weight is 306 g/mol. The van der Waals surface area contributed by atoms with Gasteiger partial charge in [0.2, 0.25) is 0 Å². The molecule has 2 N–H and O–H groups in total. The quantitative estimate of drug-likeness (QED) is 0.563. The first-order valence-corrected chi connectivity index (χ1v) is 9.30. The summed E-state index contributed by atoms with van der Waals surface area (Å²) in [5, 5.41) is 0. The van der Waals surface area contributed by atoms with Crippen LogP contribution in [0.2, 0.25) is 0 Å². The molecule has 0 amide bonds. The molecule has 0 aromatic heterocycles. The lowest BCUT2D eigenvalue weighted by molar-refractivity contribution is 0.316. The van der Waals surface area contributed by atoms with Crippen LogP contribution in [0.15, 0.2) is 22.8 Å². The van der Waals surface area contributed by atoms with Crippen molar-refractivity contribution in [3.05, 3.63) is 22.8 Å². The summed E-state index contributed by atoms with van der Waals surface area (Å²) >= 11 is 0. The van der Waals surface area contributed by atoms with Gasteiger partial charge in [-0.1, -0.05) is 67.0 Å². The summed E-state index contributed by atoms with van der Waals surface area (Å²) in [7, 11) is 0. The predicted octanol–water partition coefficient (Wildman–Crippen LogP) is 6.25. The highest BCUT2D eigenvalue weighted by molar-refractivity contribution is 5.51. The standard InChI is InChI=1S/C21H39N/c1-9-20(7,10-2)17-14-13-16(19(5,6)15-22)18(17)21(8,11-3)12-4/h13H,9-12,14-15,22H2,1-8H3. The summed E-state index contributed by atoms with van der Waals surface area (Å²) in [5.74, 6) is 0. The minimum absolute atomic E-state index is 0.0745. The molecule has 1 aliphatic rings. The zero-order valence-corrected chi connectivity index (χ0v) is 16.4. The van der Waals surface area contributed by atoms with Crippen molar-refractivity contribution in [2.45, 2.75) is 87.5 Å². The maximum Gasteiger partial charge on any atom is 0.00189 e. The molecular weight excluding hydrogens is 266 g/mol. The van der Waals surface area contributed by atoms with Gasteiger partial charge in [0.05, 0.1) is 0 Å². The Morgan fingerprint density at radius 3 is 1.68 bits per heavy atom. The predicted molar refractivity (Wildman–Crippen MR) is 99.9 cm³/mol. The van der Waals surface area contributed by atoms with E-state index in [9.17, 15) is 0 Å². The van der Waals surface area contributed by atoms with Gasteiger partial charge in [-0.2, -0.15) is 0 Å². The Labute approximate surface area is 139 Å². The van der Waals surface area contributed by atoms with Gasteiger partial charge in [-0.3, -0.25) is 0 Å². The van der Waals surface area contributed by atoms with Gasteiger partial charge in [-0.15, -0.1) is 0 Å². The van der Waals surface area contributed by atoms with Crippen LogP contribution in [0.3, 0.4) is 0 Å². The van der Waals surface area contributed by atoms with Gasteiger partial charge in [0.1, 0.15) is 0 Å². The Morgan fingerprint density at radius 1 is 0.864 bits per heavy atom. The summed E-state index contributed by atoms with van der Waals surface area (Å²) in [6, 6.07) is 0. The third-order valence-corrected chi connectivity index (χ3v) is 6.77. The van der Waals surface area contributed by atoms with E-state index in [2.05, 4.69) is 61.5 Å². The average Bonchev–Trinajstić information content (AvgIpc) is 3.00. The van der Waals surface area contributed by atoms with E-state index in [4.69, 9.17) is 5.73 Å².